The molecule has 5 heteroatoms. The maximum atomic E-state index is 13.1. The van der Waals surface area contributed by atoms with Crippen molar-refractivity contribution in [2.45, 2.75) is 19.8 Å². The van der Waals surface area contributed by atoms with Gasteiger partial charge in [-0.05, 0) is 12.9 Å². The number of H-pyrrole nitrogens is 1. The van der Waals surface area contributed by atoms with Crippen LogP contribution in [0.15, 0.2) is 30.6 Å². The molecule has 112 valence electrons. The summed E-state index contributed by atoms with van der Waals surface area (Å²) in [5, 5.41) is 0.902. The second-order valence-corrected chi connectivity index (χ2v) is 5.54. The largest absolute Gasteiger partial charge is 0.348 e. The smallest absolute Gasteiger partial charge is 0.256 e. The number of aryl methyl sites for hydroxylation is 2. The fourth-order valence-electron chi connectivity index (χ4n) is 3.20. The molecule has 4 rings (SSSR count). The molecule has 0 unspecified atom stereocenters. The van der Waals surface area contributed by atoms with Crippen molar-refractivity contribution in [3.8, 4) is 0 Å². The number of rotatable bonds is 2. The van der Waals surface area contributed by atoms with Crippen LogP contribution < -0.4 is 0 Å². The number of hydrogen-bond donors (Lipinski definition) is 1. The van der Waals surface area contributed by atoms with Crippen LogP contribution in [0.3, 0.4) is 0 Å². The zero-order valence-corrected chi connectivity index (χ0v) is 12.2. The van der Waals surface area contributed by atoms with Gasteiger partial charge in [-0.2, -0.15) is 0 Å². The molecule has 0 spiro atoms. The highest BCUT2D eigenvalue weighted by Gasteiger charge is 2.30. The van der Waals surface area contributed by atoms with Gasteiger partial charge in [0, 0.05) is 46.4 Å². The summed E-state index contributed by atoms with van der Waals surface area (Å²) in [6.45, 7) is -1.84. The molecule has 1 amide bonds. The molecule has 0 saturated carbocycles. The van der Waals surface area contributed by atoms with Gasteiger partial charge in [-0.15, -0.1) is 0 Å². The predicted molar refractivity (Wildman–Crippen MR) is 84.7 cm³/mol. The van der Waals surface area contributed by atoms with Crippen molar-refractivity contribution in [3.63, 3.8) is 0 Å². The van der Waals surface area contributed by atoms with Crippen molar-refractivity contribution < 1.29 is 10.3 Å². The Hall–Kier alpha value is -2.56. The Bertz CT molecular complexity index is 1020. The van der Waals surface area contributed by atoms with E-state index in [2.05, 4.69) is 9.97 Å². The van der Waals surface area contributed by atoms with Gasteiger partial charge in [-0.25, -0.2) is 4.98 Å². The third kappa shape index (κ3) is 1.78. The summed E-state index contributed by atoms with van der Waals surface area (Å²) in [5.41, 5.74) is 2.83. The van der Waals surface area contributed by atoms with E-state index in [0.717, 1.165) is 16.6 Å². The molecule has 1 aliphatic heterocycles. The van der Waals surface area contributed by atoms with Crippen LogP contribution in [-0.4, -0.2) is 31.9 Å². The molecule has 1 aliphatic rings. The molecule has 5 nitrogen and oxygen atoms in total. The highest BCUT2D eigenvalue weighted by atomic mass is 16.2. The summed E-state index contributed by atoms with van der Waals surface area (Å²) in [5.74, 6) is -0.130. The van der Waals surface area contributed by atoms with E-state index >= 15 is 0 Å². The number of nitrogens with one attached hydrogen (secondary N) is 1. The Labute approximate surface area is 134 Å². The summed E-state index contributed by atoms with van der Waals surface area (Å²) >= 11 is 0. The number of fused-ring (bicyclic) bond motifs is 3. The molecule has 0 saturated heterocycles. The van der Waals surface area contributed by atoms with Gasteiger partial charge in [0.15, 0.2) is 0 Å². The van der Waals surface area contributed by atoms with Gasteiger partial charge < -0.3 is 14.5 Å². The molecule has 1 N–H and O–H groups in total. The number of carbonyl (C=O) groups is 1. The van der Waals surface area contributed by atoms with E-state index < -0.39 is 6.85 Å². The van der Waals surface area contributed by atoms with E-state index in [9.17, 15) is 4.79 Å². The van der Waals surface area contributed by atoms with E-state index in [-0.39, 0.29) is 30.1 Å². The molecule has 3 heterocycles. The summed E-state index contributed by atoms with van der Waals surface area (Å²) in [7, 11) is 1.96. The lowest BCUT2D eigenvalue weighted by atomic mass is 10.0. The number of imidazole rings is 1. The van der Waals surface area contributed by atoms with E-state index in [4.69, 9.17) is 5.48 Å². The summed E-state index contributed by atoms with van der Waals surface area (Å²) in [6, 6.07) is 7.76. The molecule has 0 bridgehead atoms. The predicted octanol–water partition coefficient (Wildman–Crippen LogP) is 2.41. The Balaban J connectivity index is 1.72. The van der Waals surface area contributed by atoms with Crippen LogP contribution in [0.4, 0.5) is 0 Å². The van der Waals surface area contributed by atoms with E-state index in [1.165, 1.54) is 0 Å². The minimum absolute atomic E-state index is 0.0704. The first-order chi connectivity index (χ1) is 12.3. The van der Waals surface area contributed by atoms with Crippen LogP contribution in [-0.2, 0) is 20.0 Å². The van der Waals surface area contributed by atoms with Crippen LogP contribution in [0.1, 0.15) is 32.9 Å². The highest BCUT2D eigenvalue weighted by Crippen LogP contribution is 2.30. The highest BCUT2D eigenvalue weighted by molar-refractivity contribution is 6.09. The van der Waals surface area contributed by atoms with Crippen molar-refractivity contribution in [1.82, 2.24) is 19.4 Å². The van der Waals surface area contributed by atoms with Gasteiger partial charge in [0.05, 0.1) is 24.1 Å². The van der Waals surface area contributed by atoms with Crippen molar-refractivity contribution in [2.75, 3.05) is 6.54 Å². The first-order valence-corrected chi connectivity index (χ1v) is 7.19. The number of benzene rings is 1. The zero-order chi connectivity index (χ0) is 18.6. The molecular formula is C17H18N4O. The average molecular weight is 298 g/mol. The van der Waals surface area contributed by atoms with E-state index in [1.807, 2.05) is 35.9 Å². The molecular weight excluding hydrogens is 276 g/mol. The van der Waals surface area contributed by atoms with Crippen LogP contribution in [0.5, 0.6) is 0 Å². The Morgan fingerprint density at radius 1 is 1.45 bits per heavy atom. The SMILES string of the molecule is [2H]c1nc(CN2CCc3c(c4ccccc4n3C)C2=O)c(C([2H])([2H])[2H])[nH]1. The number of amides is 1. The van der Waals surface area contributed by atoms with Gasteiger partial charge in [-0.1, -0.05) is 18.2 Å². The fraction of sp³-hybridized carbons (Fsp3) is 0.294. The maximum absolute atomic E-state index is 13.1. The van der Waals surface area contributed by atoms with Gasteiger partial charge in [0.25, 0.3) is 5.91 Å². The Morgan fingerprint density at radius 3 is 3.18 bits per heavy atom. The van der Waals surface area contributed by atoms with Gasteiger partial charge >= 0.3 is 0 Å². The van der Waals surface area contributed by atoms with Crippen molar-refractivity contribution in [2.24, 2.45) is 7.05 Å². The van der Waals surface area contributed by atoms with E-state index in [1.54, 1.807) is 4.90 Å². The number of carbonyl (C=O) groups excluding carboxylic acids is 1. The molecule has 0 aliphatic carbocycles. The first kappa shape index (κ1) is 9.46. The van der Waals surface area contributed by atoms with Crippen molar-refractivity contribution in [1.29, 1.82) is 0 Å². The number of nitrogens with zero attached hydrogens (tertiary/aromatic N) is 3. The van der Waals surface area contributed by atoms with Crippen molar-refractivity contribution >= 4 is 16.8 Å². The zero-order valence-electron chi connectivity index (χ0n) is 16.2. The topological polar surface area (TPSA) is 53.9 Å². The number of para-hydroxylation sites is 1. The summed E-state index contributed by atoms with van der Waals surface area (Å²) in [4.78, 5) is 21.2. The number of aromatic nitrogens is 3. The lowest BCUT2D eigenvalue weighted by molar-refractivity contribution is 0.0725. The molecule has 0 atom stereocenters. The maximum Gasteiger partial charge on any atom is 0.256 e. The van der Waals surface area contributed by atoms with Gasteiger partial charge in [0.1, 0.15) is 1.37 Å². The molecule has 0 fully saturated rings. The lowest BCUT2D eigenvalue weighted by Gasteiger charge is -2.27. The molecule has 3 aromatic rings. The van der Waals surface area contributed by atoms with Crippen LogP contribution >= 0.6 is 0 Å². The van der Waals surface area contributed by atoms with E-state index in [0.29, 0.717) is 18.5 Å². The monoisotopic (exact) mass is 298 g/mol. The van der Waals surface area contributed by atoms with Crippen LogP contribution in [0.25, 0.3) is 10.9 Å². The average Bonchev–Trinajstić information content (AvgIpc) is 3.09. The molecule has 0 radical (unpaired) electrons. The normalized spacial score (nSPS) is 17.9. The number of aromatic amines is 1. The standard InChI is InChI=1S/C17H18N4O/c1-11-13(19-10-18-11)9-21-8-7-15-16(17(21)22)12-5-3-4-6-14(12)20(15)2/h3-6,10H,7-9H2,1-2H3,(H,18,19)/i1D3,10D. The lowest BCUT2D eigenvalue weighted by Crippen LogP contribution is -2.37. The van der Waals surface area contributed by atoms with Crippen LogP contribution in [0, 0.1) is 6.85 Å². The van der Waals surface area contributed by atoms with Crippen molar-refractivity contribution in [3.05, 3.63) is 53.2 Å². The van der Waals surface area contributed by atoms with Gasteiger partial charge in [-0.3, -0.25) is 4.79 Å². The minimum atomic E-state index is -2.40. The van der Waals surface area contributed by atoms with Crippen LogP contribution in [0.2, 0.25) is 0 Å². The quantitative estimate of drug-likeness (QED) is 0.790. The summed E-state index contributed by atoms with van der Waals surface area (Å²) in [6.07, 6.45) is 0.481. The third-order valence-electron chi connectivity index (χ3n) is 4.35. The summed E-state index contributed by atoms with van der Waals surface area (Å²) < 4.78 is 32.4. The molecule has 22 heavy (non-hydrogen) atoms. The second kappa shape index (κ2) is 4.73. The number of hydrogen-bond acceptors (Lipinski definition) is 2. The molecule has 1 aromatic carbocycles. The third-order valence-corrected chi connectivity index (χ3v) is 4.35. The minimum Gasteiger partial charge on any atom is -0.348 e. The Kier molecular flexibility index (Phi) is 2.03. The van der Waals surface area contributed by atoms with Gasteiger partial charge in [0.2, 0.25) is 0 Å². The Morgan fingerprint density at radius 2 is 2.32 bits per heavy atom. The second-order valence-electron chi connectivity index (χ2n) is 5.54. The fourth-order valence-corrected chi connectivity index (χ4v) is 3.20. The molecule has 2 aromatic heterocycles. The first-order valence-electron chi connectivity index (χ1n) is 9.19.